The summed E-state index contributed by atoms with van der Waals surface area (Å²) in [6.07, 6.45) is 1.32. The zero-order valence-electron chi connectivity index (χ0n) is 9.30. The number of carboxylic acids is 1. The highest BCUT2D eigenvalue weighted by molar-refractivity contribution is 5.97. The van der Waals surface area contributed by atoms with E-state index < -0.39 is 23.7 Å². The topological polar surface area (TPSA) is 122 Å². The smallest absolute Gasteiger partial charge is 0.374 e. The number of piperidine rings is 1. The number of rotatable bonds is 3. The minimum absolute atomic E-state index is 0.161. The van der Waals surface area contributed by atoms with Gasteiger partial charge in [0.25, 0.3) is 5.91 Å². The Bertz CT molecular complexity index is 495. The second-order valence-electron chi connectivity index (χ2n) is 3.84. The van der Waals surface area contributed by atoms with Gasteiger partial charge in [0.15, 0.2) is 5.69 Å². The lowest BCUT2D eigenvalue weighted by molar-refractivity contribution is -0.124. The number of aromatic carboxylic acids is 1. The standard InChI is InChI=1S/C10H11N3O5/c14-8-5(2-1-3-11-8)12-9(15)6-4-7(10(16)17)18-13-6/h4-5H,1-3H2,(H,11,14)(H,12,15)(H,16,17). The lowest BCUT2D eigenvalue weighted by atomic mass is 10.1. The van der Waals surface area contributed by atoms with Crippen molar-refractivity contribution in [3.05, 3.63) is 17.5 Å². The summed E-state index contributed by atoms with van der Waals surface area (Å²) in [5, 5.41) is 17.0. The van der Waals surface area contributed by atoms with Gasteiger partial charge in [0.1, 0.15) is 6.04 Å². The summed E-state index contributed by atoms with van der Waals surface area (Å²) in [6.45, 7) is 0.596. The van der Waals surface area contributed by atoms with Gasteiger partial charge in [0.05, 0.1) is 0 Å². The Morgan fingerprint density at radius 3 is 2.94 bits per heavy atom. The van der Waals surface area contributed by atoms with Crippen molar-refractivity contribution in [1.29, 1.82) is 0 Å². The van der Waals surface area contributed by atoms with Crippen molar-refractivity contribution in [1.82, 2.24) is 15.8 Å². The zero-order chi connectivity index (χ0) is 13.1. The van der Waals surface area contributed by atoms with Crippen LogP contribution in [0.1, 0.15) is 33.9 Å². The first-order valence-electron chi connectivity index (χ1n) is 5.36. The third-order valence-corrected chi connectivity index (χ3v) is 2.54. The fourth-order valence-electron chi connectivity index (χ4n) is 1.62. The monoisotopic (exact) mass is 253 g/mol. The van der Waals surface area contributed by atoms with Crippen molar-refractivity contribution in [2.45, 2.75) is 18.9 Å². The van der Waals surface area contributed by atoms with Gasteiger partial charge in [-0.25, -0.2) is 4.79 Å². The van der Waals surface area contributed by atoms with E-state index in [2.05, 4.69) is 20.3 Å². The Morgan fingerprint density at radius 1 is 1.56 bits per heavy atom. The zero-order valence-corrected chi connectivity index (χ0v) is 9.30. The molecule has 1 aliphatic rings. The van der Waals surface area contributed by atoms with Crippen LogP contribution in [0, 0.1) is 0 Å². The molecule has 8 nitrogen and oxygen atoms in total. The van der Waals surface area contributed by atoms with Crippen LogP contribution in [0.25, 0.3) is 0 Å². The van der Waals surface area contributed by atoms with Gasteiger partial charge in [-0.1, -0.05) is 5.16 Å². The van der Waals surface area contributed by atoms with Gasteiger partial charge in [-0.15, -0.1) is 0 Å². The summed E-state index contributed by atoms with van der Waals surface area (Å²) >= 11 is 0. The minimum Gasteiger partial charge on any atom is -0.475 e. The summed E-state index contributed by atoms with van der Waals surface area (Å²) in [5.41, 5.74) is -0.161. The molecule has 96 valence electrons. The van der Waals surface area contributed by atoms with Gasteiger partial charge in [-0.3, -0.25) is 9.59 Å². The van der Waals surface area contributed by atoms with Crippen LogP contribution in [0.15, 0.2) is 10.6 Å². The minimum atomic E-state index is -1.31. The van der Waals surface area contributed by atoms with Gasteiger partial charge in [-0.2, -0.15) is 0 Å². The van der Waals surface area contributed by atoms with Crippen molar-refractivity contribution < 1.29 is 24.0 Å². The Hall–Kier alpha value is -2.38. The fraction of sp³-hybridized carbons (Fsp3) is 0.400. The van der Waals surface area contributed by atoms with Gasteiger partial charge in [0.2, 0.25) is 11.7 Å². The quantitative estimate of drug-likeness (QED) is 0.660. The molecule has 1 atom stereocenters. The molecule has 1 aliphatic heterocycles. The van der Waals surface area contributed by atoms with E-state index in [9.17, 15) is 14.4 Å². The highest BCUT2D eigenvalue weighted by atomic mass is 16.5. The summed E-state index contributed by atoms with van der Waals surface area (Å²) in [7, 11) is 0. The lowest BCUT2D eigenvalue weighted by Gasteiger charge is -2.22. The maximum Gasteiger partial charge on any atom is 0.374 e. The average molecular weight is 253 g/mol. The molecule has 1 fully saturated rings. The fourth-order valence-corrected chi connectivity index (χ4v) is 1.62. The van der Waals surface area contributed by atoms with E-state index in [1.165, 1.54) is 0 Å². The molecule has 1 unspecified atom stereocenters. The van der Waals surface area contributed by atoms with Crippen molar-refractivity contribution in [2.75, 3.05) is 6.54 Å². The number of amides is 2. The van der Waals surface area contributed by atoms with E-state index >= 15 is 0 Å². The first-order valence-corrected chi connectivity index (χ1v) is 5.36. The molecule has 8 heteroatoms. The predicted molar refractivity (Wildman–Crippen MR) is 57.0 cm³/mol. The molecule has 0 bridgehead atoms. The second-order valence-corrected chi connectivity index (χ2v) is 3.84. The number of nitrogens with one attached hydrogen (secondary N) is 2. The molecule has 0 spiro atoms. The van der Waals surface area contributed by atoms with Crippen LogP contribution in [0.3, 0.4) is 0 Å². The number of hydrogen-bond acceptors (Lipinski definition) is 5. The van der Waals surface area contributed by atoms with Crippen LogP contribution in [0.4, 0.5) is 0 Å². The number of nitrogens with zero attached hydrogens (tertiary/aromatic N) is 1. The molecule has 0 aromatic carbocycles. The average Bonchev–Trinajstić information content (AvgIpc) is 2.81. The molecule has 0 radical (unpaired) electrons. The summed E-state index contributed by atoms with van der Waals surface area (Å²) < 4.78 is 4.45. The first kappa shape index (κ1) is 12.1. The second kappa shape index (κ2) is 4.86. The van der Waals surface area contributed by atoms with E-state index in [0.717, 1.165) is 12.5 Å². The molecule has 1 aromatic rings. The van der Waals surface area contributed by atoms with Crippen molar-refractivity contribution in [2.24, 2.45) is 0 Å². The van der Waals surface area contributed by atoms with Crippen LogP contribution in [0.2, 0.25) is 0 Å². The maximum absolute atomic E-state index is 11.7. The maximum atomic E-state index is 11.7. The highest BCUT2D eigenvalue weighted by Crippen LogP contribution is 2.07. The van der Waals surface area contributed by atoms with Crippen LogP contribution in [0.5, 0.6) is 0 Å². The van der Waals surface area contributed by atoms with Gasteiger partial charge in [0, 0.05) is 12.6 Å². The third kappa shape index (κ3) is 2.47. The van der Waals surface area contributed by atoms with Gasteiger partial charge >= 0.3 is 5.97 Å². The van der Waals surface area contributed by atoms with Crippen molar-refractivity contribution >= 4 is 17.8 Å². The number of hydrogen-bond donors (Lipinski definition) is 3. The third-order valence-electron chi connectivity index (χ3n) is 2.54. The van der Waals surface area contributed by atoms with Crippen LogP contribution in [-0.4, -0.2) is 40.6 Å². The summed E-state index contributed by atoms with van der Waals surface area (Å²) in [4.78, 5) is 33.6. The molecule has 1 saturated heterocycles. The Kier molecular flexibility index (Phi) is 3.26. The Morgan fingerprint density at radius 2 is 2.33 bits per heavy atom. The molecular weight excluding hydrogens is 242 g/mol. The molecule has 2 rings (SSSR count). The molecule has 0 saturated carbocycles. The molecule has 2 heterocycles. The van der Waals surface area contributed by atoms with Gasteiger partial charge < -0.3 is 20.3 Å². The number of carbonyl (C=O) groups excluding carboxylic acids is 2. The lowest BCUT2D eigenvalue weighted by Crippen LogP contribution is -2.50. The molecule has 1 aromatic heterocycles. The van der Waals surface area contributed by atoms with Crippen LogP contribution in [-0.2, 0) is 4.79 Å². The Labute approximate surface area is 101 Å². The van der Waals surface area contributed by atoms with E-state index in [1.54, 1.807) is 0 Å². The van der Waals surface area contributed by atoms with E-state index in [4.69, 9.17) is 5.11 Å². The molecule has 2 amide bonds. The highest BCUT2D eigenvalue weighted by Gasteiger charge is 2.25. The number of carbonyl (C=O) groups is 3. The summed E-state index contributed by atoms with van der Waals surface area (Å²) in [6, 6.07) is 0.398. The van der Waals surface area contributed by atoms with Crippen molar-refractivity contribution in [3.8, 4) is 0 Å². The molecular formula is C10H11N3O5. The molecule has 0 aliphatic carbocycles. The Balaban J connectivity index is 2.02. The molecule has 18 heavy (non-hydrogen) atoms. The van der Waals surface area contributed by atoms with E-state index in [0.29, 0.717) is 13.0 Å². The SMILES string of the molecule is O=C(NC1CCCNC1=O)c1cc(C(=O)O)on1. The van der Waals surface area contributed by atoms with Crippen molar-refractivity contribution in [3.63, 3.8) is 0 Å². The summed E-state index contributed by atoms with van der Waals surface area (Å²) in [5.74, 6) is -2.62. The van der Waals surface area contributed by atoms with Crippen LogP contribution >= 0.6 is 0 Å². The van der Waals surface area contributed by atoms with E-state index in [-0.39, 0.29) is 11.6 Å². The first-order chi connectivity index (χ1) is 8.58. The van der Waals surface area contributed by atoms with E-state index in [1.807, 2.05) is 0 Å². The number of carboxylic acid groups (broad SMARTS) is 1. The van der Waals surface area contributed by atoms with Crippen LogP contribution < -0.4 is 10.6 Å². The normalized spacial score (nSPS) is 19.1. The number of aromatic nitrogens is 1. The largest absolute Gasteiger partial charge is 0.475 e. The van der Waals surface area contributed by atoms with Gasteiger partial charge in [-0.05, 0) is 12.8 Å². The predicted octanol–water partition coefficient (Wildman–Crippen LogP) is -0.619. The molecule has 3 N–H and O–H groups in total.